The Morgan fingerprint density at radius 1 is 1.50 bits per heavy atom. The molecule has 1 unspecified atom stereocenters. The maximum absolute atomic E-state index is 3.60. The van der Waals surface area contributed by atoms with Crippen LogP contribution in [0.25, 0.3) is 0 Å². The Balaban J connectivity index is 3.48. The Morgan fingerprint density at radius 2 is 2.10 bits per heavy atom. The first kappa shape index (κ1) is 9.44. The predicted molar refractivity (Wildman–Crippen MR) is 47.1 cm³/mol. The molecule has 0 rings (SSSR count). The van der Waals surface area contributed by atoms with Crippen LogP contribution in [0.1, 0.15) is 13.3 Å². The van der Waals surface area contributed by atoms with Crippen molar-refractivity contribution >= 4 is 0 Å². The van der Waals surface area contributed by atoms with E-state index in [0.717, 1.165) is 6.42 Å². The van der Waals surface area contributed by atoms with Gasteiger partial charge >= 0.3 is 0 Å². The Kier molecular flexibility index (Phi) is 4.95. The van der Waals surface area contributed by atoms with Gasteiger partial charge in [-0.05, 0) is 27.4 Å². The van der Waals surface area contributed by atoms with Crippen molar-refractivity contribution in [1.29, 1.82) is 0 Å². The molecule has 0 saturated carbocycles. The number of allylic oxidation sites excluding steroid dienone is 2. The van der Waals surface area contributed by atoms with Crippen LogP contribution in [-0.4, -0.2) is 25.0 Å². The molecule has 1 atom stereocenters. The van der Waals surface area contributed by atoms with Gasteiger partial charge in [-0.15, -0.1) is 0 Å². The molecule has 0 radical (unpaired) electrons. The molecular weight excluding hydrogens is 122 g/mol. The average molecular weight is 139 g/mol. The molecule has 0 aromatic heterocycles. The first-order chi connectivity index (χ1) is 4.68. The highest BCUT2D eigenvalue weighted by Crippen LogP contribution is 1.98. The van der Waals surface area contributed by atoms with Crippen molar-refractivity contribution in [1.82, 2.24) is 4.90 Å². The van der Waals surface area contributed by atoms with Crippen molar-refractivity contribution in [2.45, 2.75) is 19.4 Å². The molecular formula is C9H17N. The summed E-state index contributed by atoms with van der Waals surface area (Å²) in [4.78, 5) is 2.20. The summed E-state index contributed by atoms with van der Waals surface area (Å²) in [6.07, 6.45) is 7.03. The van der Waals surface area contributed by atoms with Crippen LogP contribution >= 0.6 is 0 Å². The van der Waals surface area contributed by atoms with E-state index in [1.54, 1.807) is 0 Å². The van der Waals surface area contributed by atoms with Crippen LogP contribution in [0.15, 0.2) is 24.8 Å². The molecule has 0 aromatic rings. The average Bonchev–Trinajstić information content (AvgIpc) is 1.88. The van der Waals surface area contributed by atoms with Crippen molar-refractivity contribution in [2.75, 3.05) is 14.1 Å². The zero-order valence-electron chi connectivity index (χ0n) is 7.17. The monoisotopic (exact) mass is 139 g/mol. The molecule has 58 valence electrons. The van der Waals surface area contributed by atoms with Crippen LogP contribution in [0.2, 0.25) is 0 Å². The maximum atomic E-state index is 3.60. The third-order valence-electron chi connectivity index (χ3n) is 1.63. The van der Waals surface area contributed by atoms with Gasteiger partial charge in [-0.3, -0.25) is 0 Å². The Hall–Kier alpha value is -0.560. The van der Waals surface area contributed by atoms with Gasteiger partial charge in [-0.1, -0.05) is 24.8 Å². The first-order valence-corrected chi connectivity index (χ1v) is 3.62. The Labute approximate surface area is 64.0 Å². The fraction of sp³-hybridized carbons (Fsp3) is 0.556. The minimum absolute atomic E-state index is 0.621. The minimum atomic E-state index is 0.621. The smallest absolute Gasteiger partial charge is 0.00954 e. The highest BCUT2D eigenvalue weighted by Gasteiger charge is 1.99. The summed E-state index contributed by atoms with van der Waals surface area (Å²) >= 11 is 0. The molecule has 10 heavy (non-hydrogen) atoms. The summed E-state index contributed by atoms with van der Waals surface area (Å²) in [5, 5.41) is 0. The molecule has 0 heterocycles. The molecule has 0 bridgehead atoms. The molecule has 0 spiro atoms. The lowest BCUT2D eigenvalue weighted by Gasteiger charge is -2.17. The van der Waals surface area contributed by atoms with Gasteiger partial charge in [0.2, 0.25) is 0 Å². The summed E-state index contributed by atoms with van der Waals surface area (Å²) in [5.41, 5.74) is 0. The van der Waals surface area contributed by atoms with E-state index in [2.05, 4.69) is 38.6 Å². The number of rotatable bonds is 4. The van der Waals surface area contributed by atoms with Gasteiger partial charge in [0.15, 0.2) is 0 Å². The highest BCUT2D eigenvalue weighted by atomic mass is 15.1. The van der Waals surface area contributed by atoms with Crippen molar-refractivity contribution in [3.63, 3.8) is 0 Å². The van der Waals surface area contributed by atoms with E-state index in [1.807, 2.05) is 12.2 Å². The van der Waals surface area contributed by atoms with Crippen LogP contribution in [-0.2, 0) is 0 Å². The highest BCUT2D eigenvalue weighted by molar-refractivity contribution is 4.98. The molecule has 0 aliphatic carbocycles. The van der Waals surface area contributed by atoms with Crippen molar-refractivity contribution in [3.8, 4) is 0 Å². The molecule has 0 aliphatic rings. The molecule has 1 nitrogen and oxygen atoms in total. The van der Waals surface area contributed by atoms with E-state index in [0.29, 0.717) is 6.04 Å². The molecule has 0 amide bonds. The quantitative estimate of drug-likeness (QED) is 0.539. The Bertz CT molecular complexity index is 114. The summed E-state index contributed by atoms with van der Waals surface area (Å²) in [5.74, 6) is 0. The van der Waals surface area contributed by atoms with Gasteiger partial charge in [0, 0.05) is 6.04 Å². The van der Waals surface area contributed by atoms with Gasteiger partial charge in [0.1, 0.15) is 0 Å². The van der Waals surface area contributed by atoms with Gasteiger partial charge < -0.3 is 4.90 Å². The lowest BCUT2D eigenvalue weighted by Crippen LogP contribution is -2.23. The molecule has 0 aliphatic heterocycles. The van der Waals surface area contributed by atoms with Crippen molar-refractivity contribution in [3.05, 3.63) is 24.8 Å². The fourth-order valence-corrected chi connectivity index (χ4v) is 0.583. The third-order valence-corrected chi connectivity index (χ3v) is 1.63. The number of hydrogen-bond acceptors (Lipinski definition) is 1. The van der Waals surface area contributed by atoms with E-state index in [9.17, 15) is 0 Å². The normalized spacial score (nSPS) is 14.4. The summed E-state index contributed by atoms with van der Waals surface area (Å²) < 4.78 is 0. The van der Waals surface area contributed by atoms with Crippen LogP contribution in [0.5, 0.6) is 0 Å². The van der Waals surface area contributed by atoms with Crippen molar-refractivity contribution < 1.29 is 0 Å². The molecule has 0 saturated heterocycles. The lowest BCUT2D eigenvalue weighted by atomic mass is 10.2. The number of nitrogens with zero attached hydrogens (tertiary/aromatic N) is 1. The topological polar surface area (TPSA) is 3.24 Å². The van der Waals surface area contributed by atoms with E-state index in [-0.39, 0.29) is 0 Å². The van der Waals surface area contributed by atoms with Gasteiger partial charge in [-0.2, -0.15) is 0 Å². The molecule has 0 fully saturated rings. The summed E-state index contributed by atoms with van der Waals surface area (Å²) in [6, 6.07) is 0.621. The van der Waals surface area contributed by atoms with Crippen LogP contribution in [0, 0.1) is 0 Å². The third kappa shape index (κ3) is 4.33. The molecule has 0 aromatic carbocycles. The van der Waals surface area contributed by atoms with Gasteiger partial charge in [0.25, 0.3) is 0 Å². The van der Waals surface area contributed by atoms with Crippen LogP contribution < -0.4 is 0 Å². The van der Waals surface area contributed by atoms with Gasteiger partial charge in [0.05, 0.1) is 0 Å². The predicted octanol–water partition coefficient (Wildman–Crippen LogP) is 2.07. The van der Waals surface area contributed by atoms with Gasteiger partial charge in [-0.25, -0.2) is 0 Å². The molecule has 0 N–H and O–H groups in total. The largest absolute Gasteiger partial charge is 0.306 e. The summed E-state index contributed by atoms with van der Waals surface area (Å²) in [7, 11) is 4.18. The fourth-order valence-electron chi connectivity index (χ4n) is 0.583. The SMILES string of the molecule is C=CC=CCC(C)N(C)C. The van der Waals surface area contributed by atoms with Crippen molar-refractivity contribution in [2.24, 2.45) is 0 Å². The van der Waals surface area contributed by atoms with E-state index < -0.39 is 0 Å². The second-order valence-corrected chi connectivity index (χ2v) is 2.71. The van der Waals surface area contributed by atoms with Crippen LogP contribution in [0.4, 0.5) is 0 Å². The van der Waals surface area contributed by atoms with E-state index >= 15 is 0 Å². The number of hydrogen-bond donors (Lipinski definition) is 0. The van der Waals surface area contributed by atoms with E-state index in [4.69, 9.17) is 0 Å². The lowest BCUT2D eigenvalue weighted by molar-refractivity contribution is 0.316. The second-order valence-electron chi connectivity index (χ2n) is 2.71. The van der Waals surface area contributed by atoms with Crippen LogP contribution in [0.3, 0.4) is 0 Å². The van der Waals surface area contributed by atoms with E-state index in [1.165, 1.54) is 0 Å². The zero-order valence-corrected chi connectivity index (χ0v) is 7.17. The molecule has 1 heteroatoms. The first-order valence-electron chi connectivity index (χ1n) is 3.62. The zero-order chi connectivity index (χ0) is 7.98. The summed E-state index contributed by atoms with van der Waals surface area (Å²) in [6.45, 7) is 5.80. The standard InChI is InChI=1S/C9H17N/c1-5-6-7-8-9(2)10(3)4/h5-7,9H,1,8H2,2-4H3. The minimum Gasteiger partial charge on any atom is -0.306 e. The maximum Gasteiger partial charge on any atom is 0.00954 e. The second kappa shape index (κ2) is 5.24. The Morgan fingerprint density at radius 3 is 2.50 bits per heavy atom.